The largest absolute Gasteiger partial charge is 0.494 e. The van der Waals surface area contributed by atoms with Gasteiger partial charge in [-0.1, -0.05) is 0 Å². The molecule has 0 spiro atoms. The molecule has 1 aromatic rings. The Bertz CT molecular complexity index is 512. The van der Waals surface area contributed by atoms with E-state index >= 15 is 0 Å². The molecule has 1 rings (SSSR count). The van der Waals surface area contributed by atoms with Crippen LogP contribution in [-0.2, 0) is 4.79 Å². The molecule has 0 saturated heterocycles. The first-order chi connectivity index (χ1) is 9.23. The van der Waals surface area contributed by atoms with E-state index in [1.807, 2.05) is 6.92 Å². The summed E-state index contributed by atoms with van der Waals surface area (Å²) in [6, 6.07) is 4.81. The molecule has 5 N–H and O–H groups in total. The minimum absolute atomic E-state index is 0.0549. The highest BCUT2D eigenvalue weighted by Gasteiger charge is 2.23. The predicted molar refractivity (Wildman–Crippen MR) is 77.4 cm³/mol. The van der Waals surface area contributed by atoms with Crippen LogP contribution < -0.4 is 21.5 Å². The van der Waals surface area contributed by atoms with Gasteiger partial charge >= 0.3 is 0 Å². The van der Waals surface area contributed by atoms with Gasteiger partial charge in [-0.3, -0.25) is 9.59 Å². The molecule has 2 amide bonds. The molecule has 0 aliphatic heterocycles. The summed E-state index contributed by atoms with van der Waals surface area (Å²) in [7, 11) is 0. The van der Waals surface area contributed by atoms with E-state index < -0.39 is 11.4 Å². The Morgan fingerprint density at radius 1 is 1.30 bits per heavy atom. The fourth-order valence-electron chi connectivity index (χ4n) is 1.86. The third-order valence-electron chi connectivity index (χ3n) is 2.57. The monoisotopic (exact) mass is 279 g/mol. The van der Waals surface area contributed by atoms with Crippen molar-refractivity contribution in [3.05, 3.63) is 23.8 Å². The van der Waals surface area contributed by atoms with Crippen molar-refractivity contribution in [2.45, 2.75) is 32.7 Å². The second-order valence-corrected chi connectivity index (χ2v) is 5.20. The average Bonchev–Trinajstić information content (AvgIpc) is 2.25. The van der Waals surface area contributed by atoms with Gasteiger partial charge in [0.2, 0.25) is 5.91 Å². The lowest BCUT2D eigenvalue weighted by Gasteiger charge is -2.25. The molecular formula is C14H21N3O3. The molecule has 0 aromatic heterocycles. The highest BCUT2D eigenvalue weighted by atomic mass is 16.5. The number of rotatable bonds is 6. The Balaban J connectivity index is 2.89. The Hall–Kier alpha value is -2.24. The lowest BCUT2D eigenvalue weighted by atomic mass is 9.99. The van der Waals surface area contributed by atoms with Crippen LogP contribution in [0.15, 0.2) is 18.2 Å². The zero-order valence-corrected chi connectivity index (χ0v) is 12.0. The number of hydrogen-bond acceptors (Lipinski definition) is 4. The molecule has 0 unspecified atom stereocenters. The van der Waals surface area contributed by atoms with Crippen LogP contribution in [-0.4, -0.2) is 24.0 Å². The molecule has 0 radical (unpaired) electrons. The Morgan fingerprint density at radius 2 is 1.95 bits per heavy atom. The van der Waals surface area contributed by atoms with E-state index in [-0.39, 0.29) is 12.3 Å². The van der Waals surface area contributed by atoms with Crippen molar-refractivity contribution in [2.24, 2.45) is 5.73 Å². The number of nitrogen functional groups attached to an aromatic ring is 1. The number of primary amides is 1. The van der Waals surface area contributed by atoms with Crippen molar-refractivity contribution in [2.75, 3.05) is 12.3 Å². The summed E-state index contributed by atoms with van der Waals surface area (Å²) in [6.45, 7) is 5.79. The van der Waals surface area contributed by atoms with E-state index in [1.54, 1.807) is 32.0 Å². The minimum atomic E-state index is -0.723. The normalized spacial score (nSPS) is 10.9. The third kappa shape index (κ3) is 4.79. The fourth-order valence-corrected chi connectivity index (χ4v) is 1.86. The van der Waals surface area contributed by atoms with Crippen molar-refractivity contribution >= 4 is 17.5 Å². The lowest BCUT2D eigenvalue weighted by Crippen LogP contribution is -2.46. The van der Waals surface area contributed by atoms with Gasteiger partial charge in [0.25, 0.3) is 5.91 Å². The SMILES string of the molecule is CCOc1cc(N)cc(C(=O)NC(C)(C)CC(N)=O)c1. The molecule has 110 valence electrons. The van der Waals surface area contributed by atoms with Crippen molar-refractivity contribution in [3.8, 4) is 5.75 Å². The zero-order chi connectivity index (χ0) is 15.3. The predicted octanol–water partition coefficient (Wildman–Crippen LogP) is 1.05. The number of nitrogens with one attached hydrogen (secondary N) is 1. The molecule has 0 aliphatic carbocycles. The zero-order valence-electron chi connectivity index (χ0n) is 12.0. The number of amides is 2. The average molecular weight is 279 g/mol. The van der Waals surface area contributed by atoms with Crippen LogP contribution in [0.5, 0.6) is 5.75 Å². The molecule has 6 nitrogen and oxygen atoms in total. The van der Waals surface area contributed by atoms with E-state index in [0.29, 0.717) is 23.6 Å². The van der Waals surface area contributed by atoms with E-state index in [9.17, 15) is 9.59 Å². The van der Waals surface area contributed by atoms with Crippen LogP contribution >= 0.6 is 0 Å². The van der Waals surface area contributed by atoms with Crippen LogP contribution in [0.3, 0.4) is 0 Å². The maximum Gasteiger partial charge on any atom is 0.251 e. The number of nitrogens with two attached hydrogens (primary N) is 2. The second-order valence-electron chi connectivity index (χ2n) is 5.20. The van der Waals surface area contributed by atoms with Gasteiger partial charge in [0.05, 0.1) is 6.61 Å². The number of anilines is 1. The van der Waals surface area contributed by atoms with Crippen LogP contribution in [0.1, 0.15) is 37.6 Å². The number of benzene rings is 1. The molecule has 0 aliphatic rings. The van der Waals surface area contributed by atoms with Crippen molar-refractivity contribution in [1.29, 1.82) is 0 Å². The van der Waals surface area contributed by atoms with Crippen molar-refractivity contribution < 1.29 is 14.3 Å². The van der Waals surface area contributed by atoms with Gasteiger partial charge < -0.3 is 21.5 Å². The van der Waals surface area contributed by atoms with Gasteiger partial charge in [0, 0.05) is 29.3 Å². The summed E-state index contributed by atoms with van der Waals surface area (Å²) >= 11 is 0. The van der Waals surface area contributed by atoms with Crippen LogP contribution in [0.25, 0.3) is 0 Å². The van der Waals surface area contributed by atoms with Crippen LogP contribution in [0, 0.1) is 0 Å². The standard InChI is InChI=1S/C14H21N3O3/c1-4-20-11-6-9(5-10(15)7-11)13(19)17-14(2,3)8-12(16)18/h5-7H,4,8,15H2,1-3H3,(H2,16,18)(H,17,19). The lowest BCUT2D eigenvalue weighted by molar-refractivity contribution is -0.119. The summed E-state index contributed by atoms with van der Waals surface area (Å²) in [5.74, 6) is -0.271. The van der Waals surface area contributed by atoms with Gasteiger partial charge in [-0.25, -0.2) is 0 Å². The highest BCUT2D eigenvalue weighted by molar-refractivity contribution is 5.96. The Kier molecular flexibility index (Phi) is 4.96. The van der Waals surface area contributed by atoms with Gasteiger partial charge in [-0.05, 0) is 32.9 Å². The van der Waals surface area contributed by atoms with Crippen molar-refractivity contribution in [3.63, 3.8) is 0 Å². The van der Waals surface area contributed by atoms with Crippen LogP contribution in [0.4, 0.5) is 5.69 Å². The molecule has 1 aromatic carbocycles. The molecule has 6 heteroatoms. The number of carbonyl (C=O) groups is 2. The number of ether oxygens (including phenoxy) is 1. The van der Waals surface area contributed by atoms with Gasteiger partial charge in [0.15, 0.2) is 0 Å². The molecule has 0 heterocycles. The minimum Gasteiger partial charge on any atom is -0.494 e. The van der Waals surface area contributed by atoms with Gasteiger partial charge in [0.1, 0.15) is 5.75 Å². The first-order valence-electron chi connectivity index (χ1n) is 6.37. The molecule has 20 heavy (non-hydrogen) atoms. The second kappa shape index (κ2) is 6.27. The van der Waals surface area contributed by atoms with E-state index in [0.717, 1.165) is 0 Å². The van der Waals surface area contributed by atoms with Gasteiger partial charge in [-0.2, -0.15) is 0 Å². The molecule has 0 fully saturated rings. The summed E-state index contributed by atoms with van der Waals surface area (Å²) in [4.78, 5) is 23.1. The molecule has 0 saturated carbocycles. The van der Waals surface area contributed by atoms with Crippen molar-refractivity contribution in [1.82, 2.24) is 5.32 Å². The van der Waals surface area contributed by atoms with Gasteiger partial charge in [-0.15, -0.1) is 0 Å². The van der Waals surface area contributed by atoms with E-state index in [1.165, 1.54) is 0 Å². The summed E-state index contributed by atoms with van der Waals surface area (Å²) in [5.41, 5.74) is 11.0. The molecular weight excluding hydrogens is 258 g/mol. The summed E-state index contributed by atoms with van der Waals surface area (Å²) in [5, 5.41) is 2.75. The summed E-state index contributed by atoms with van der Waals surface area (Å²) < 4.78 is 5.34. The fraction of sp³-hybridized carbons (Fsp3) is 0.429. The first-order valence-corrected chi connectivity index (χ1v) is 6.37. The maximum absolute atomic E-state index is 12.2. The number of hydrogen-bond donors (Lipinski definition) is 3. The quantitative estimate of drug-likeness (QED) is 0.676. The third-order valence-corrected chi connectivity index (χ3v) is 2.57. The number of carbonyl (C=O) groups excluding carboxylic acids is 2. The molecule has 0 atom stereocenters. The summed E-state index contributed by atoms with van der Waals surface area (Å²) in [6.07, 6.45) is 0.0549. The highest BCUT2D eigenvalue weighted by Crippen LogP contribution is 2.20. The first kappa shape index (κ1) is 15.8. The van der Waals surface area contributed by atoms with Crippen LogP contribution in [0.2, 0.25) is 0 Å². The molecule has 0 bridgehead atoms. The topological polar surface area (TPSA) is 107 Å². The smallest absolute Gasteiger partial charge is 0.251 e. The van der Waals surface area contributed by atoms with E-state index in [4.69, 9.17) is 16.2 Å². The van der Waals surface area contributed by atoms with E-state index in [2.05, 4.69) is 5.32 Å². The Morgan fingerprint density at radius 3 is 2.50 bits per heavy atom. The Labute approximate surface area is 118 Å². The maximum atomic E-state index is 12.2.